The SMILES string of the molecule is CC/C=C\CC(O)C(C)(C)C. The van der Waals surface area contributed by atoms with Crippen LogP contribution in [0, 0.1) is 5.41 Å². The van der Waals surface area contributed by atoms with Crippen molar-refractivity contribution < 1.29 is 5.11 Å². The summed E-state index contributed by atoms with van der Waals surface area (Å²) in [5.74, 6) is 0. The van der Waals surface area contributed by atoms with Crippen molar-refractivity contribution in [2.45, 2.75) is 46.6 Å². The van der Waals surface area contributed by atoms with Crippen LogP contribution in [0.25, 0.3) is 0 Å². The van der Waals surface area contributed by atoms with E-state index in [1.807, 2.05) is 0 Å². The van der Waals surface area contributed by atoms with Gasteiger partial charge in [0.15, 0.2) is 0 Å². The van der Waals surface area contributed by atoms with E-state index in [0.29, 0.717) is 0 Å². The van der Waals surface area contributed by atoms with Crippen LogP contribution in [-0.2, 0) is 0 Å². The molecular weight excluding hydrogens is 136 g/mol. The molecule has 1 nitrogen and oxygen atoms in total. The summed E-state index contributed by atoms with van der Waals surface area (Å²) >= 11 is 0. The second kappa shape index (κ2) is 4.55. The summed E-state index contributed by atoms with van der Waals surface area (Å²) < 4.78 is 0. The number of aliphatic hydroxyl groups excluding tert-OH is 1. The first-order chi connectivity index (χ1) is 4.98. The van der Waals surface area contributed by atoms with Gasteiger partial charge in [-0.2, -0.15) is 0 Å². The normalized spacial score (nSPS) is 15.7. The lowest BCUT2D eigenvalue weighted by Crippen LogP contribution is -2.24. The molecule has 1 heteroatoms. The van der Waals surface area contributed by atoms with E-state index >= 15 is 0 Å². The van der Waals surface area contributed by atoms with E-state index in [-0.39, 0.29) is 11.5 Å². The summed E-state index contributed by atoms with van der Waals surface area (Å²) in [5, 5.41) is 9.56. The van der Waals surface area contributed by atoms with Gasteiger partial charge >= 0.3 is 0 Å². The van der Waals surface area contributed by atoms with E-state index in [2.05, 4.69) is 39.8 Å². The number of aliphatic hydroxyl groups is 1. The monoisotopic (exact) mass is 156 g/mol. The fourth-order valence-electron chi connectivity index (χ4n) is 0.745. The maximum absolute atomic E-state index is 9.56. The Morgan fingerprint density at radius 1 is 1.27 bits per heavy atom. The summed E-state index contributed by atoms with van der Waals surface area (Å²) in [7, 11) is 0. The summed E-state index contributed by atoms with van der Waals surface area (Å²) in [6, 6.07) is 0. The van der Waals surface area contributed by atoms with Gasteiger partial charge in [-0.25, -0.2) is 0 Å². The van der Waals surface area contributed by atoms with Crippen molar-refractivity contribution in [2.24, 2.45) is 5.41 Å². The molecule has 0 saturated carbocycles. The van der Waals surface area contributed by atoms with Crippen LogP contribution in [0.2, 0.25) is 0 Å². The molecule has 0 saturated heterocycles. The fourth-order valence-corrected chi connectivity index (χ4v) is 0.745. The average Bonchev–Trinajstić information content (AvgIpc) is 1.86. The highest BCUT2D eigenvalue weighted by Crippen LogP contribution is 2.21. The van der Waals surface area contributed by atoms with Crippen LogP contribution in [0.3, 0.4) is 0 Å². The van der Waals surface area contributed by atoms with Crippen molar-refractivity contribution in [1.29, 1.82) is 0 Å². The van der Waals surface area contributed by atoms with Crippen LogP contribution in [0.5, 0.6) is 0 Å². The first-order valence-corrected chi connectivity index (χ1v) is 4.31. The highest BCUT2D eigenvalue weighted by Gasteiger charge is 2.19. The van der Waals surface area contributed by atoms with E-state index in [0.717, 1.165) is 12.8 Å². The van der Waals surface area contributed by atoms with E-state index in [1.54, 1.807) is 0 Å². The van der Waals surface area contributed by atoms with Gasteiger partial charge in [0.1, 0.15) is 0 Å². The topological polar surface area (TPSA) is 20.2 Å². The van der Waals surface area contributed by atoms with E-state index in [4.69, 9.17) is 0 Å². The largest absolute Gasteiger partial charge is 0.392 e. The minimum absolute atomic E-state index is 0.0120. The zero-order chi connectivity index (χ0) is 8.91. The summed E-state index contributed by atoms with van der Waals surface area (Å²) in [6.45, 7) is 8.26. The molecule has 0 aliphatic rings. The molecule has 0 rings (SSSR count). The maximum Gasteiger partial charge on any atom is 0.0622 e. The van der Waals surface area contributed by atoms with Gasteiger partial charge in [-0.3, -0.25) is 0 Å². The third-order valence-corrected chi connectivity index (χ3v) is 1.76. The van der Waals surface area contributed by atoms with E-state index in [1.165, 1.54) is 0 Å². The smallest absolute Gasteiger partial charge is 0.0622 e. The summed E-state index contributed by atoms with van der Waals surface area (Å²) in [6.07, 6.45) is 5.75. The third-order valence-electron chi connectivity index (χ3n) is 1.76. The van der Waals surface area contributed by atoms with Gasteiger partial charge in [0.25, 0.3) is 0 Å². The fraction of sp³-hybridized carbons (Fsp3) is 0.800. The standard InChI is InChI=1S/C10H20O/c1-5-6-7-8-9(11)10(2,3)4/h6-7,9,11H,5,8H2,1-4H3/b7-6-. The average molecular weight is 156 g/mol. The van der Waals surface area contributed by atoms with E-state index in [9.17, 15) is 5.11 Å². The van der Waals surface area contributed by atoms with Crippen LogP contribution >= 0.6 is 0 Å². The molecule has 0 aliphatic heterocycles. The predicted molar refractivity (Wildman–Crippen MR) is 49.5 cm³/mol. The Balaban J connectivity index is 3.69. The lowest BCUT2D eigenvalue weighted by atomic mass is 9.87. The van der Waals surface area contributed by atoms with Gasteiger partial charge in [-0.1, -0.05) is 39.8 Å². The minimum atomic E-state index is -0.217. The highest BCUT2D eigenvalue weighted by atomic mass is 16.3. The number of allylic oxidation sites excluding steroid dienone is 1. The molecule has 0 aromatic heterocycles. The lowest BCUT2D eigenvalue weighted by molar-refractivity contribution is 0.0659. The molecule has 0 spiro atoms. The summed E-state index contributed by atoms with van der Waals surface area (Å²) in [5.41, 5.74) is 0.0120. The number of hydrogen-bond acceptors (Lipinski definition) is 1. The lowest BCUT2D eigenvalue weighted by Gasteiger charge is -2.24. The van der Waals surface area contributed by atoms with Crippen LogP contribution in [0.15, 0.2) is 12.2 Å². The quantitative estimate of drug-likeness (QED) is 0.623. The summed E-state index contributed by atoms with van der Waals surface area (Å²) in [4.78, 5) is 0. The van der Waals surface area contributed by atoms with Crippen molar-refractivity contribution in [3.05, 3.63) is 12.2 Å². The second-order valence-electron chi connectivity index (χ2n) is 4.00. The Morgan fingerprint density at radius 2 is 1.82 bits per heavy atom. The Morgan fingerprint density at radius 3 is 2.18 bits per heavy atom. The van der Waals surface area contributed by atoms with Crippen LogP contribution in [-0.4, -0.2) is 11.2 Å². The van der Waals surface area contributed by atoms with E-state index < -0.39 is 0 Å². The second-order valence-corrected chi connectivity index (χ2v) is 4.00. The number of hydrogen-bond donors (Lipinski definition) is 1. The molecular formula is C10H20O. The molecule has 0 fully saturated rings. The van der Waals surface area contributed by atoms with Crippen molar-refractivity contribution in [1.82, 2.24) is 0 Å². The Kier molecular flexibility index (Phi) is 4.43. The highest BCUT2D eigenvalue weighted by molar-refractivity contribution is 4.86. The molecule has 11 heavy (non-hydrogen) atoms. The molecule has 1 atom stereocenters. The first-order valence-electron chi connectivity index (χ1n) is 4.31. The molecule has 0 aliphatic carbocycles. The van der Waals surface area contributed by atoms with Crippen molar-refractivity contribution in [2.75, 3.05) is 0 Å². The molecule has 1 unspecified atom stereocenters. The number of rotatable bonds is 3. The van der Waals surface area contributed by atoms with Gasteiger partial charge in [-0.05, 0) is 18.3 Å². The molecule has 0 aromatic rings. The molecule has 0 aromatic carbocycles. The van der Waals surface area contributed by atoms with Gasteiger partial charge in [0, 0.05) is 0 Å². The first kappa shape index (κ1) is 10.7. The Labute approximate surface area is 70.1 Å². The Bertz CT molecular complexity index is 119. The van der Waals surface area contributed by atoms with Crippen LogP contribution in [0.4, 0.5) is 0 Å². The molecule has 0 radical (unpaired) electrons. The minimum Gasteiger partial charge on any atom is -0.392 e. The van der Waals surface area contributed by atoms with Crippen molar-refractivity contribution in [3.63, 3.8) is 0 Å². The zero-order valence-corrected chi connectivity index (χ0v) is 8.09. The molecule has 0 heterocycles. The molecule has 66 valence electrons. The predicted octanol–water partition coefficient (Wildman–Crippen LogP) is 2.75. The molecule has 0 bridgehead atoms. The Hall–Kier alpha value is -0.300. The maximum atomic E-state index is 9.56. The van der Waals surface area contributed by atoms with Crippen molar-refractivity contribution in [3.8, 4) is 0 Å². The van der Waals surface area contributed by atoms with Gasteiger partial charge in [0.05, 0.1) is 6.10 Å². The van der Waals surface area contributed by atoms with Crippen LogP contribution < -0.4 is 0 Å². The molecule has 1 N–H and O–H groups in total. The molecule has 0 amide bonds. The van der Waals surface area contributed by atoms with Gasteiger partial charge < -0.3 is 5.11 Å². The zero-order valence-electron chi connectivity index (χ0n) is 8.09. The van der Waals surface area contributed by atoms with Crippen LogP contribution in [0.1, 0.15) is 40.5 Å². The third kappa shape index (κ3) is 5.02. The van der Waals surface area contributed by atoms with Gasteiger partial charge in [-0.15, -0.1) is 0 Å². The van der Waals surface area contributed by atoms with Crippen molar-refractivity contribution >= 4 is 0 Å². The van der Waals surface area contributed by atoms with Gasteiger partial charge in [0.2, 0.25) is 0 Å².